The lowest BCUT2D eigenvalue weighted by molar-refractivity contribution is -0.385. The summed E-state index contributed by atoms with van der Waals surface area (Å²) in [6.07, 6.45) is 2.62. The summed E-state index contributed by atoms with van der Waals surface area (Å²) < 4.78 is 1.15. The highest BCUT2D eigenvalue weighted by Gasteiger charge is 2.13. The van der Waals surface area contributed by atoms with Crippen molar-refractivity contribution in [3.8, 4) is 11.4 Å². The molecule has 0 unspecified atom stereocenters. The average Bonchev–Trinajstić information content (AvgIpc) is 2.67. The van der Waals surface area contributed by atoms with E-state index in [1.807, 2.05) is 6.07 Å². The topological polar surface area (TPSA) is 123 Å². The number of anilines is 1. The van der Waals surface area contributed by atoms with Crippen LogP contribution in [0.4, 0.5) is 11.4 Å². The van der Waals surface area contributed by atoms with Crippen molar-refractivity contribution in [1.29, 1.82) is 0 Å². The van der Waals surface area contributed by atoms with E-state index in [0.717, 1.165) is 10.7 Å². The average molecular weight is 386 g/mol. The van der Waals surface area contributed by atoms with Crippen molar-refractivity contribution in [3.63, 3.8) is 0 Å². The van der Waals surface area contributed by atoms with Crippen LogP contribution in [0.2, 0.25) is 5.02 Å². The van der Waals surface area contributed by atoms with E-state index in [1.54, 1.807) is 24.3 Å². The van der Waals surface area contributed by atoms with E-state index < -0.39 is 21.9 Å². The van der Waals surface area contributed by atoms with Gasteiger partial charge in [0, 0.05) is 11.6 Å². The molecule has 3 rings (SSSR count). The molecule has 9 nitrogen and oxygen atoms in total. The van der Waals surface area contributed by atoms with Crippen LogP contribution >= 0.6 is 11.6 Å². The standard InChI is InChI=1S/C17H12ClN5O4/c18-16-13(10-20-22(17(16)25)12-4-2-1-3-5-12)21-19-9-11-6-7-15(24)14(8-11)23(26)27/h1-10,21,24H/b19-9+. The number of hydrazone groups is 1. The first-order chi connectivity index (χ1) is 13.0. The van der Waals surface area contributed by atoms with Crippen LogP contribution in [-0.2, 0) is 0 Å². The number of hydrogen-bond donors (Lipinski definition) is 2. The van der Waals surface area contributed by atoms with E-state index in [4.69, 9.17) is 11.6 Å². The summed E-state index contributed by atoms with van der Waals surface area (Å²) in [6, 6.07) is 12.6. The SMILES string of the molecule is O=c1c(Cl)c(N/N=C/c2ccc(O)c([N+](=O)[O-])c2)cnn1-c1ccccc1. The van der Waals surface area contributed by atoms with Gasteiger partial charge in [-0.2, -0.15) is 14.9 Å². The molecular weight excluding hydrogens is 374 g/mol. The molecule has 0 spiro atoms. The van der Waals surface area contributed by atoms with Gasteiger partial charge in [-0.15, -0.1) is 0 Å². The van der Waals surface area contributed by atoms with E-state index in [9.17, 15) is 20.0 Å². The number of nitrogens with one attached hydrogen (secondary N) is 1. The monoisotopic (exact) mass is 385 g/mol. The Kier molecular flexibility index (Phi) is 5.13. The number of para-hydroxylation sites is 1. The Hall–Kier alpha value is -3.72. The minimum atomic E-state index is -0.704. The number of benzene rings is 2. The molecule has 0 aliphatic heterocycles. The van der Waals surface area contributed by atoms with Gasteiger partial charge in [-0.05, 0) is 24.3 Å². The van der Waals surface area contributed by atoms with Gasteiger partial charge in [0.05, 0.1) is 23.0 Å². The lowest BCUT2D eigenvalue weighted by Gasteiger charge is -2.07. The smallest absolute Gasteiger partial charge is 0.311 e. The second-order valence-electron chi connectivity index (χ2n) is 5.30. The maximum absolute atomic E-state index is 12.4. The van der Waals surface area contributed by atoms with Gasteiger partial charge in [-0.3, -0.25) is 20.3 Å². The molecule has 136 valence electrons. The number of phenols is 1. The molecule has 0 atom stereocenters. The van der Waals surface area contributed by atoms with E-state index in [0.29, 0.717) is 11.3 Å². The molecule has 2 N–H and O–H groups in total. The maximum Gasteiger partial charge on any atom is 0.311 e. The van der Waals surface area contributed by atoms with Gasteiger partial charge in [0.1, 0.15) is 10.7 Å². The molecule has 0 aliphatic rings. The third-order valence-corrected chi connectivity index (χ3v) is 3.88. The van der Waals surface area contributed by atoms with E-state index in [-0.39, 0.29) is 10.7 Å². The third kappa shape index (κ3) is 3.93. The van der Waals surface area contributed by atoms with Gasteiger partial charge in [-0.25, -0.2) is 0 Å². The fourth-order valence-corrected chi connectivity index (χ4v) is 2.38. The molecule has 0 saturated heterocycles. The molecule has 3 aromatic rings. The van der Waals surface area contributed by atoms with Crippen LogP contribution in [0.15, 0.2) is 64.6 Å². The molecule has 2 aromatic carbocycles. The number of aromatic nitrogens is 2. The molecule has 0 saturated carbocycles. The van der Waals surface area contributed by atoms with Crippen molar-refractivity contribution >= 4 is 29.2 Å². The molecule has 0 amide bonds. The largest absolute Gasteiger partial charge is 0.502 e. The number of nitrogens with zero attached hydrogens (tertiary/aromatic N) is 4. The van der Waals surface area contributed by atoms with Crippen molar-refractivity contribution in [2.45, 2.75) is 0 Å². The third-order valence-electron chi connectivity index (χ3n) is 3.51. The Morgan fingerprint density at radius 3 is 2.70 bits per heavy atom. The van der Waals surface area contributed by atoms with Crippen molar-refractivity contribution in [2.24, 2.45) is 5.10 Å². The molecule has 1 heterocycles. The summed E-state index contributed by atoms with van der Waals surface area (Å²) in [6.45, 7) is 0. The van der Waals surface area contributed by atoms with Crippen molar-refractivity contribution in [1.82, 2.24) is 9.78 Å². The van der Waals surface area contributed by atoms with Crippen molar-refractivity contribution in [2.75, 3.05) is 5.43 Å². The van der Waals surface area contributed by atoms with E-state index >= 15 is 0 Å². The number of aromatic hydroxyl groups is 1. The van der Waals surface area contributed by atoms with Crippen LogP contribution in [0.25, 0.3) is 5.69 Å². The van der Waals surface area contributed by atoms with Crippen LogP contribution in [0.1, 0.15) is 5.56 Å². The van der Waals surface area contributed by atoms with Crippen LogP contribution in [-0.4, -0.2) is 26.0 Å². The van der Waals surface area contributed by atoms with Crippen LogP contribution in [0, 0.1) is 10.1 Å². The summed E-state index contributed by atoms with van der Waals surface area (Å²) in [5.74, 6) is -0.443. The Bertz CT molecular complexity index is 1080. The lowest BCUT2D eigenvalue weighted by atomic mass is 10.2. The summed E-state index contributed by atoms with van der Waals surface area (Å²) in [4.78, 5) is 22.5. The molecule has 0 radical (unpaired) electrons. The Balaban J connectivity index is 1.82. The quantitative estimate of drug-likeness (QED) is 0.395. The number of nitro groups is 1. The second kappa shape index (κ2) is 7.67. The molecule has 10 heteroatoms. The number of halogens is 1. The highest BCUT2D eigenvalue weighted by molar-refractivity contribution is 6.32. The zero-order valence-corrected chi connectivity index (χ0v) is 14.4. The molecule has 0 fully saturated rings. The first-order valence-electron chi connectivity index (χ1n) is 7.57. The van der Waals surface area contributed by atoms with Gasteiger partial charge in [0.15, 0.2) is 5.75 Å². The zero-order valence-electron chi connectivity index (χ0n) is 13.6. The first-order valence-corrected chi connectivity index (χ1v) is 7.95. The summed E-state index contributed by atoms with van der Waals surface area (Å²) in [5, 5.41) is 28.1. The van der Waals surface area contributed by atoms with Gasteiger partial charge in [-0.1, -0.05) is 29.8 Å². The predicted octanol–water partition coefficient (Wildman–Crippen LogP) is 2.95. The normalized spacial score (nSPS) is 10.9. The maximum atomic E-state index is 12.4. The molecule has 1 aromatic heterocycles. The van der Waals surface area contributed by atoms with Crippen LogP contribution in [0.3, 0.4) is 0 Å². The second-order valence-corrected chi connectivity index (χ2v) is 5.68. The minimum absolute atomic E-state index is 0.109. The van der Waals surface area contributed by atoms with Crippen LogP contribution < -0.4 is 11.0 Å². The number of hydrogen-bond acceptors (Lipinski definition) is 7. The van der Waals surface area contributed by atoms with Crippen molar-refractivity contribution in [3.05, 3.63) is 85.8 Å². The predicted molar refractivity (Wildman–Crippen MR) is 101 cm³/mol. The first kappa shape index (κ1) is 18.1. The Morgan fingerprint density at radius 2 is 2.00 bits per heavy atom. The summed E-state index contributed by atoms with van der Waals surface area (Å²) in [7, 11) is 0. The Labute approximate surface area is 157 Å². The number of rotatable bonds is 5. The molecule has 27 heavy (non-hydrogen) atoms. The number of nitro benzene ring substituents is 1. The van der Waals surface area contributed by atoms with Gasteiger partial charge < -0.3 is 5.11 Å². The van der Waals surface area contributed by atoms with Gasteiger partial charge in [0.2, 0.25) is 0 Å². The van der Waals surface area contributed by atoms with Gasteiger partial charge >= 0.3 is 5.69 Å². The van der Waals surface area contributed by atoms with E-state index in [1.165, 1.54) is 24.5 Å². The fourth-order valence-electron chi connectivity index (χ4n) is 2.21. The van der Waals surface area contributed by atoms with E-state index in [2.05, 4.69) is 15.6 Å². The highest BCUT2D eigenvalue weighted by Crippen LogP contribution is 2.25. The fraction of sp³-hybridized carbons (Fsp3) is 0. The number of phenolic OH excluding ortho intramolecular Hbond substituents is 1. The molecule has 0 bridgehead atoms. The molecule has 0 aliphatic carbocycles. The van der Waals surface area contributed by atoms with Crippen molar-refractivity contribution < 1.29 is 10.0 Å². The van der Waals surface area contributed by atoms with Crippen LogP contribution in [0.5, 0.6) is 5.75 Å². The lowest BCUT2D eigenvalue weighted by Crippen LogP contribution is -2.22. The van der Waals surface area contributed by atoms with Gasteiger partial charge in [0.25, 0.3) is 5.56 Å². The zero-order chi connectivity index (χ0) is 19.4. The summed E-state index contributed by atoms with van der Waals surface area (Å²) >= 11 is 6.09. The minimum Gasteiger partial charge on any atom is -0.502 e. The summed E-state index contributed by atoms with van der Waals surface area (Å²) in [5.41, 5.74) is 2.72. The molecular formula is C17H12ClN5O4. The highest BCUT2D eigenvalue weighted by atomic mass is 35.5. The Morgan fingerprint density at radius 1 is 1.26 bits per heavy atom.